The molecule has 3 atom stereocenters. The Labute approximate surface area is 70.3 Å². The maximum Gasteiger partial charge on any atom is 0.231 e. The Balaban J connectivity index is 2.53. The van der Waals surface area contributed by atoms with Crippen molar-refractivity contribution in [1.82, 2.24) is 5.32 Å². The van der Waals surface area contributed by atoms with Gasteiger partial charge in [0.2, 0.25) is 5.91 Å². The van der Waals surface area contributed by atoms with Crippen LogP contribution in [-0.2, 0) is 9.53 Å². The number of carbonyl (C=O) groups is 1. The predicted molar refractivity (Wildman–Crippen MR) is 40.1 cm³/mol. The molecule has 0 saturated carbocycles. The Bertz CT molecular complexity index is 173. The Morgan fingerprint density at radius 2 is 2.50 bits per heavy atom. The monoisotopic (exact) mass is 175 g/mol. The maximum absolute atomic E-state index is 11.0. The Morgan fingerprint density at radius 1 is 1.83 bits per heavy atom. The van der Waals surface area contributed by atoms with Crippen molar-refractivity contribution in [1.29, 1.82) is 0 Å². The van der Waals surface area contributed by atoms with Crippen molar-refractivity contribution in [3.05, 3.63) is 0 Å². The fraction of sp³-hybridized carbons (Fsp3) is 0.857. The van der Waals surface area contributed by atoms with E-state index in [9.17, 15) is 15.0 Å². The molecule has 1 saturated heterocycles. The van der Waals surface area contributed by atoms with Crippen LogP contribution in [0, 0.1) is 5.92 Å². The van der Waals surface area contributed by atoms with Gasteiger partial charge in [-0.05, 0) is 6.92 Å². The van der Waals surface area contributed by atoms with E-state index >= 15 is 0 Å². The van der Waals surface area contributed by atoms with Crippen LogP contribution < -0.4 is 5.32 Å². The van der Waals surface area contributed by atoms with Gasteiger partial charge in [-0.15, -0.1) is 0 Å². The average molecular weight is 175 g/mol. The van der Waals surface area contributed by atoms with Crippen molar-refractivity contribution in [3.8, 4) is 0 Å². The molecule has 3 N–H and O–H groups in total. The SMILES string of the molecule is CCOC(O)C1C(=O)NCC1O. The first-order chi connectivity index (χ1) is 5.66. The van der Waals surface area contributed by atoms with Crippen LogP contribution >= 0.6 is 0 Å². The summed E-state index contributed by atoms with van der Waals surface area (Å²) in [6.45, 7) is 2.22. The van der Waals surface area contributed by atoms with E-state index in [2.05, 4.69) is 5.32 Å². The lowest BCUT2D eigenvalue weighted by atomic mass is 10.1. The van der Waals surface area contributed by atoms with Crippen molar-refractivity contribution in [2.75, 3.05) is 13.2 Å². The first-order valence-corrected chi connectivity index (χ1v) is 3.92. The van der Waals surface area contributed by atoms with E-state index in [0.29, 0.717) is 6.61 Å². The Morgan fingerprint density at radius 3 is 2.92 bits per heavy atom. The van der Waals surface area contributed by atoms with Gasteiger partial charge in [-0.3, -0.25) is 4.79 Å². The first-order valence-electron chi connectivity index (χ1n) is 3.92. The molecule has 0 aromatic carbocycles. The van der Waals surface area contributed by atoms with Crippen molar-refractivity contribution in [3.63, 3.8) is 0 Å². The summed E-state index contributed by atoms with van der Waals surface area (Å²) < 4.78 is 4.80. The normalized spacial score (nSPS) is 31.8. The van der Waals surface area contributed by atoms with Crippen molar-refractivity contribution < 1.29 is 19.7 Å². The van der Waals surface area contributed by atoms with Crippen LogP contribution in [0.3, 0.4) is 0 Å². The van der Waals surface area contributed by atoms with Gasteiger partial charge in [-0.2, -0.15) is 0 Å². The number of hydrogen-bond donors (Lipinski definition) is 3. The molecule has 0 aliphatic carbocycles. The van der Waals surface area contributed by atoms with Gasteiger partial charge in [0, 0.05) is 13.2 Å². The summed E-state index contributed by atoms with van der Waals surface area (Å²) in [5.74, 6) is -1.20. The number of ether oxygens (including phenoxy) is 1. The predicted octanol–water partition coefficient (Wildman–Crippen LogP) is -1.55. The fourth-order valence-corrected chi connectivity index (χ4v) is 1.22. The molecule has 1 aliphatic rings. The van der Waals surface area contributed by atoms with Gasteiger partial charge in [-0.1, -0.05) is 0 Å². The summed E-state index contributed by atoms with van der Waals surface area (Å²) in [6, 6.07) is 0. The van der Waals surface area contributed by atoms with E-state index in [-0.39, 0.29) is 12.5 Å². The number of β-amino-alcohol motifs (C(OH)–C–C–N with tert-alkyl or cyclic N) is 1. The van der Waals surface area contributed by atoms with Crippen LogP contribution in [0.5, 0.6) is 0 Å². The third-order valence-corrected chi connectivity index (χ3v) is 1.85. The minimum atomic E-state index is -1.20. The summed E-state index contributed by atoms with van der Waals surface area (Å²) in [7, 11) is 0. The lowest BCUT2D eigenvalue weighted by Crippen LogP contribution is -2.35. The minimum absolute atomic E-state index is 0.188. The smallest absolute Gasteiger partial charge is 0.231 e. The average Bonchev–Trinajstić information content (AvgIpc) is 2.32. The molecule has 1 heterocycles. The molecule has 1 aliphatic heterocycles. The molecule has 3 unspecified atom stereocenters. The van der Waals surface area contributed by atoms with Crippen molar-refractivity contribution in [2.45, 2.75) is 19.3 Å². The molecular weight excluding hydrogens is 162 g/mol. The molecule has 5 nitrogen and oxygen atoms in total. The van der Waals surface area contributed by atoms with Gasteiger partial charge in [0.1, 0.15) is 5.92 Å². The van der Waals surface area contributed by atoms with Gasteiger partial charge >= 0.3 is 0 Å². The molecule has 1 fully saturated rings. The van der Waals surface area contributed by atoms with E-state index in [1.54, 1.807) is 6.92 Å². The molecule has 5 heteroatoms. The molecular formula is C7H13NO4. The zero-order chi connectivity index (χ0) is 9.14. The largest absolute Gasteiger partial charge is 0.390 e. The molecule has 1 rings (SSSR count). The van der Waals surface area contributed by atoms with Crippen LogP contribution in [0.4, 0.5) is 0 Å². The van der Waals surface area contributed by atoms with Gasteiger partial charge in [0.25, 0.3) is 0 Å². The minimum Gasteiger partial charge on any atom is -0.390 e. The summed E-state index contributed by atoms with van der Waals surface area (Å²) >= 11 is 0. The molecule has 0 spiro atoms. The summed E-state index contributed by atoms with van der Waals surface area (Å²) in [5, 5.41) is 20.9. The van der Waals surface area contributed by atoms with E-state index in [1.165, 1.54) is 0 Å². The molecule has 70 valence electrons. The zero-order valence-electron chi connectivity index (χ0n) is 6.86. The topological polar surface area (TPSA) is 78.8 Å². The molecule has 0 aromatic heterocycles. The van der Waals surface area contributed by atoms with Crippen LogP contribution in [0.2, 0.25) is 0 Å². The first kappa shape index (κ1) is 9.44. The van der Waals surface area contributed by atoms with Crippen molar-refractivity contribution >= 4 is 5.91 Å². The molecule has 1 amide bonds. The number of hydrogen-bond acceptors (Lipinski definition) is 4. The Hall–Kier alpha value is -0.650. The summed E-state index contributed by atoms with van der Waals surface area (Å²) in [5.41, 5.74) is 0. The van der Waals surface area contributed by atoms with Gasteiger partial charge in [0.05, 0.1) is 6.10 Å². The second-order valence-electron chi connectivity index (χ2n) is 2.68. The molecule has 0 aromatic rings. The number of amides is 1. The second kappa shape index (κ2) is 3.84. The lowest BCUT2D eigenvalue weighted by molar-refractivity contribution is -0.160. The fourth-order valence-electron chi connectivity index (χ4n) is 1.22. The highest BCUT2D eigenvalue weighted by Crippen LogP contribution is 2.15. The number of rotatable bonds is 3. The molecule has 0 bridgehead atoms. The third-order valence-electron chi connectivity index (χ3n) is 1.85. The highest BCUT2D eigenvalue weighted by atomic mass is 16.6. The van der Waals surface area contributed by atoms with Crippen LogP contribution in [-0.4, -0.2) is 41.7 Å². The van der Waals surface area contributed by atoms with E-state index in [1.807, 2.05) is 0 Å². The number of aliphatic hydroxyl groups is 2. The van der Waals surface area contributed by atoms with E-state index in [4.69, 9.17) is 4.74 Å². The van der Waals surface area contributed by atoms with Crippen LogP contribution in [0.25, 0.3) is 0 Å². The molecule has 0 radical (unpaired) electrons. The number of nitrogens with one attached hydrogen (secondary N) is 1. The molecule has 12 heavy (non-hydrogen) atoms. The quantitative estimate of drug-likeness (QED) is 0.454. The van der Waals surface area contributed by atoms with E-state index < -0.39 is 18.3 Å². The highest BCUT2D eigenvalue weighted by Gasteiger charge is 2.39. The summed E-state index contributed by atoms with van der Waals surface area (Å²) in [6.07, 6.45) is -2.05. The second-order valence-corrected chi connectivity index (χ2v) is 2.68. The maximum atomic E-state index is 11.0. The van der Waals surface area contributed by atoms with E-state index in [0.717, 1.165) is 0 Å². The summed E-state index contributed by atoms with van der Waals surface area (Å²) in [4.78, 5) is 11.0. The van der Waals surface area contributed by atoms with Crippen molar-refractivity contribution in [2.24, 2.45) is 5.92 Å². The van der Waals surface area contributed by atoms with Gasteiger partial charge in [0.15, 0.2) is 6.29 Å². The standard InChI is InChI=1S/C7H13NO4/c1-2-12-7(11)5-4(9)3-8-6(5)10/h4-5,7,9,11H,2-3H2,1H3,(H,8,10). The van der Waals surface area contributed by atoms with Crippen LogP contribution in [0.1, 0.15) is 6.92 Å². The lowest BCUT2D eigenvalue weighted by Gasteiger charge is -2.17. The zero-order valence-corrected chi connectivity index (χ0v) is 6.86. The van der Waals surface area contributed by atoms with Gasteiger partial charge in [-0.25, -0.2) is 0 Å². The Kier molecular flexibility index (Phi) is 3.02. The van der Waals surface area contributed by atoms with Gasteiger partial charge < -0.3 is 20.3 Å². The number of carbonyl (C=O) groups excluding carboxylic acids is 1. The highest BCUT2D eigenvalue weighted by molar-refractivity contribution is 5.81. The number of aliphatic hydroxyl groups excluding tert-OH is 2. The van der Waals surface area contributed by atoms with Crippen LogP contribution in [0.15, 0.2) is 0 Å². The third kappa shape index (κ3) is 1.74.